The Bertz CT molecular complexity index is 1230. The van der Waals surface area contributed by atoms with E-state index in [2.05, 4.69) is 15.1 Å². The summed E-state index contributed by atoms with van der Waals surface area (Å²) in [6.07, 6.45) is 6.72. The molecule has 2 amide bonds. The number of nitrogens with one attached hydrogen (secondary N) is 1. The number of rotatable bonds is 7. The zero-order valence-corrected chi connectivity index (χ0v) is 21.6. The first-order valence-electron chi connectivity index (χ1n) is 12.9. The normalized spacial score (nSPS) is 17.1. The highest BCUT2D eigenvalue weighted by molar-refractivity contribution is 7.20. The van der Waals surface area contributed by atoms with Gasteiger partial charge in [0.05, 0.1) is 6.42 Å². The van der Waals surface area contributed by atoms with Crippen LogP contribution in [0.4, 0.5) is 14.5 Å². The standard InChI is InChI=1S/C28H32FN5O2S/c29-22-12-10-20(11-13-22)25-27(34-16-14-33(15-17-34)23-4-2-1-3-5-23)37-28(31-25)32-26(36)21-8-6-19(7-9-21)18-24(30)35/h6-13,23H,1-5,14-18H2,(H2,30,35)(H,31,32,36). The summed E-state index contributed by atoms with van der Waals surface area (Å²) in [6, 6.07) is 13.8. The molecule has 2 fully saturated rings. The number of carbonyl (C=O) groups is 2. The van der Waals surface area contributed by atoms with Crippen molar-refractivity contribution in [2.75, 3.05) is 36.4 Å². The molecule has 9 heteroatoms. The van der Waals surface area contributed by atoms with Gasteiger partial charge in [0, 0.05) is 43.3 Å². The Morgan fingerprint density at radius 2 is 1.65 bits per heavy atom. The van der Waals surface area contributed by atoms with Crippen LogP contribution < -0.4 is 16.0 Å². The van der Waals surface area contributed by atoms with Crippen LogP contribution >= 0.6 is 11.3 Å². The predicted octanol–water partition coefficient (Wildman–Crippen LogP) is 4.68. The molecule has 0 radical (unpaired) electrons. The summed E-state index contributed by atoms with van der Waals surface area (Å²) in [5, 5.41) is 4.41. The van der Waals surface area contributed by atoms with Crippen molar-refractivity contribution in [1.82, 2.24) is 9.88 Å². The van der Waals surface area contributed by atoms with Gasteiger partial charge in [0.25, 0.3) is 5.91 Å². The number of primary amides is 1. The number of amides is 2. The van der Waals surface area contributed by atoms with Crippen LogP contribution in [0.2, 0.25) is 0 Å². The van der Waals surface area contributed by atoms with Gasteiger partial charge < -0.3 is 10.6 Å². The van der Waals surface area contributed by atoms with Gasteiger partial charge >= 0.3 is 0 Å². The Morgan fingerprint density at radius 1 is 0.973 bits per heavy atom. The molecule has 2 aliphatic rings. The van der Waals surface area contributed by atoms with Crippen molar-refractivity contribution in [2.45, 2.75) is 44.6 Å². The minimum absolute atomic E-state index is 0.132. The van der Waals surface area contributed by atoms with E-state index in [9.17, 15) is 14.0 Å². The molecule has 1 aromatic heterocycles. The third kappa shape index (κ3) is 6.17. The van der Waals surface area contributed by atoms with Crippen molar-refractivity contribution in [3.05, 3.63) is 65.5 Å². The van der Waals surface area contributed by atoms with Crippen molar-refractivity contribution >= 4 is 33.3 Å². The highest BCUT2D eigenvalue weighted by atomic mass is 32.1. The highest BCUT2D eigenvalue weighted by Gasteiger charge is 2.28. The maximum Gasteiger partial charge on any atom is 0.257 e. The summed E-state index contributed by atoms with van der Waals surface area (Å²) in [4.78, 5) is 33.8. The van der Waals surface area contributed by atoms with Crippen LogP contribution in [-0.2, 0) is 11.2 Å². The van der Waals surface area contributed by atoms with E-state index in [-0.39, 0.29) is 18.1 Å². The SMILES string of the molecule is NC(=O)Cc1ccc(C(=O)Nc2nc(-c3ccc(F)cc3)c(N3CCN(C4CCCCC4)CC3)s2)cc1. The Kier molecular flexibility index (Phi) is 7.81. The summed E-state index contributed by atoms with van der Waals surface area (Å²) in [5.41, 5.74) is 8.05. The van der Waals surface area contributed by atoms with Gasteiger partial charge in [-0.25, -0.2) is 9.37 Å². The number of carbonyl (C=O) groups excluding carboxylic acids is 2. The van der Waals surface area contributed by atoms with Crippen molar-refractivity contribution in [1.29, 1.82) is 0 Å². The van der Waals surface area contributed by atoms with Crippen LogP contribution in [0.3, 0.4) is 0 Å². The fourth-order valence-corrected chi connectivity index (χ4v) is 6.29. The molecular weight excluding hydrogens is 489 g/mol. The fourth-order valence-electron chi connectivity index (χ4n) is 5.26. The lowest BCUT2D eigenvalue weighted by Crippen LogP contribution is -2.50. The van der Waals surface area contributed by atoms with Crippen LogP contribution in [-0.4, -0.2) is 53.9 Å². The smallest absolute Gasteiger partial charge is 0.257 e. The molecule has 194 valence electrons. The van der Waals surface area contributed by atoms with Crippen molar-refractivity contribution in [3.8, 4) is 11.3 Å². The number of nitrogens with zero attached hydrogens (tertiary/aromatic N) is 3. The zero-order chi connectivity index (χ0) is 25.8. The first-order chi connectivity index (χ1) is 18.0. The molecule has 2 aromatic carbocycles. The number of thiazole rings is 1. The van der Waals surface area contributed by atoms with Crippen LogP contribution in [0.25, 0.3) is 11.3 Å². The summed E-state index contributed by atoms with van der Waals surface area (Å²) < 4.78 is 13.6. The number of piperazine rings is 1. The molecule has 0 spiro atoms. The number of benzene rings is 2. The average Bonchev–Trinajstić information content (AvgIpc) is 3.33. The molecule has 7 nitrogen and oxygen atoms in total. The second kappa shape index (κ2) is 11.4. The van der Waals surface area contributed by atoms with E-state index in [0.717, 1.165) is 48.0 Å². The van der Waals surface area contributed by atoms with E-state index in [1.165, 1.54) is 55.6 Å². The molecule has 0 atom stereocenters. The van der Waals surface area contributed by atoms with Gasteiger partial charge in [0.15, 0.2) is 5.13 Å². The number of nitrogens with two attached hydrogens (primary N) is 1. The van der Waals surface area contributed by atoms with Gasteiger partial charge in [-0.05, 0) is 54.8 Å². The molecule has 3 aromatic rings. The molecule has 2 heterocycles. The molecule has 1 aliphatic carbocycles. The molecule has 0 bridgehead atoms. The second-order valence-electron chi connectivity index (χ2n) is 9.79. The second-order valence-corrected chi connectivity index (χ2v) is 10.8. The number of aromatic nitrogens is 1. The lowest BCUT2D eigenvalue weighted by atomic mass is 9.94. The zero-order valence-electron chi connectivity index (χ0n) is 20.8. The number of halogens is 1. The predicted molar refractivity (Wildman–Crippen MR) is 145 cm³/mol. The van der Waals surface area contributed by atoms with Crippen molar-refractivity contribution in [3.63, 3.8) is 0 Å². The maximum absolute atomic E-state index is 13.6. The van der Waals surface area contributed by atoms with Gasteiger partial charge in [-0.1, -0.05) is 42.7 Å². The Hall–Kier alpha value is -3.30. The molecule has 37 heavy (non-hydrogen) atoms. The van der Waals surface area contributed by atoms with E-state index in [1.807, 2.05) is 0 Å². The lowest BCUT2D eigenvalue weighted by Gasteiger charge is -2.41. The van der Waals surface area contributed by atoms with Gasteiger partial charge in [-0.15, -0.1) is 0 Å². The molecule has 0 unspecified atom stereocenters. The van der Waals surface area contributed by atoms with Gasteiger partial charge in [-0.2, -0.15) is 0 Å². The Morgan fingerprint density at radius 3 is 2.30 bits per heavy atom. The van der Waals surface area contributed by atoms with Crippen LogP contribution in [0.1, 0.15) is 48.0 Å². The van der Waals surface area contributed by atoms with Gasteiger partial charge in [-0.3, -0.25) is 19.8 Å². The molecular formula is C28H32FN5O2S. The van der Waals surface area contributed by atoms with E-state index in [0.29, 0.717) is 16.7 Å². The van der Waals surface area contributed by atoms with E-state index >= 15 is 0 Å². The Labute approximate surface area is 220 Å². The van der Waals surface area contributed by atoms with E-state index < -0.39 is 5.91 Å². The summed E-state index contributed by atoms with van der Waals surface area (Å²) in [6.45, 7) is 3.79. The molecule has 5 rings (SSSR count). The molecule has 1 saturated carbocycles. The fraction of sp³-hybridized carbons (Fsp3) is 0.393. The van der Waals surface area contributed by atoms with Gasteiger partial charge in [0.2, 0.25) is 5.91 Å². The van der Waals surface area contributed by atoms with Crippen LogP contribution in [0.15, 0.2) is 48.5 Å². The highest BCUT2D eigenvalue weighted by Crippen LogP contribution is 2.39. The minimum atomic E-state index is -0.416. The van der Waals surface area contributed by atoms with E-state index in [4.69, 9.17) is 10.7 Å². The van der Waals surface area contributed by atoms with Gasteiger partial charge in [0.1, 0.15) is 16.5 Å². The maximum atomic E-state index is 13.6. The van der Waals surface area contributed by atoms with Crippen LogP contribution in [0, 0.1) is 5.82 Å². The average molecular weight is 522 g/mol. The largest absolute Gasteiger partial charge is 0.369 e. The minimum Gasteiger partial charge on any atom is -0.369 e. The molecule has 3 N–H and O–H groups in total. The third-order valence-corrected chi connectivity index (χ3v) is 8.27. The quantitative estimate of drug-likeness (QED) is 0.471. The summed E-state index contributed by atoms with van der Waals surface area (Å²) >= 11 is 1.45. The van der Waals surface area contributed by atoms with Crippen LogP contribution in [0.5, 0.6) is 0 Å². The third-order valence-electron chi connectivity index (χ3n) is 7.23. The topological polar surface area (TPSA) is 91.6 Å². The number of hydrogen-bond acceptors (Lipinski definition) is 6. The first-order valence-corrected chi connectivity index (χ1v) is 13.7. The monoisotopic (exact) mass is 521 g/mol. The van der Waals surface area contributed by atoms with Crippen molar-refractivity contribution < 1.29 is 14.0 Å². The summed E-state index contributed by atoms with van der Waals surface area (Å²) in [7, 11) is 0. The Balaban J connectivity index is 1.34. The number of hydrogen-bond donors (Lipinski definition) is 2. The molecule has 1 saturated heterocycles. The van der Waals surface area contributed by atoms with E-state index in [1.54, 1.807) is 36.4 Å². The first kappa shape index (κ1) is 25.4. The lowest BCUT2D eigenvalue weighted by molar-refractivity contribution is -0.117. The number of anilines is 2. The summed E-state index contributed by atoms with van der Waals surface area (Å²) in [5.74, 6) is -0.992. The molecule has 1 aliphatic heterocycles. The van der Waals surface area contributed by atoms with Crippen molar-refractivity contribution in [2.24, 2.45) is 5.73 Å².